The molecular weight excluding hydrogens is 821 g/mol. The largest absolute Gasteiger partial charge is 0.453 e. The van der Waals surface area contributed by atoms with Gasteiger partial charge >= 0.3 is 12.2 Å². The van der Waals surface area contributed by atoms with Gasteiger partial charge in [0, 0.05) is 25.1 Å². The third-order valence-corrected chi connectivity index (χ3v) is 11.6. The SMILES string of the molecule is C#CCCN(Cc1ncc(-c2ccc3cc(-c4ccc(C5CN=C(C(C=C)N(CCC)C(O)C(NC(=O)OC)c6cccc(C)c6)N5)cc4)ccc3c2)[nH]1)C(=O)[C@@H](NC(=O)OC)C(C)C. The first kappa shape index (κ1) is 47.5. The molecule has 0 saturated carbocycles. The van der Waals surface area contributed by atoms with E-state index in [0.717, 1.165) is 56.3 Å². The molecule has 0 saturated heterocycles. The highest BCUT2D eigenvalue weighted by molar-refractivity contribution is 5.92. The number of aromatic amines is 1. The summed E-state index contributed by atoms with van der Waals surface area (Å²) in [5.41, 5.74) is 6.74. The van der Waals surface area contributed by atoms with Crippen LogP contribution in [0, 0.1) is 25.2 Å². The molecule has 5 atom stereocenters. The zero-order chi connectivity index (χ0) is 46.6. The molecule has 14 nitrogen and oxygen atoms in total. The van der Waals surface area contributed by atoms with Gasteiger partial charge in [0.05, 0.1) is 57.3 Å². The second-order valence-electron chi connectivity index (χ2n) is 16.5. The number of amidine groups is 1. The average Bonchev–Trinajstić information content (AvgIpc) is 4.01. The van der Waals surface area contributed by atoms with E-state index in [1.54, 1.807) is 17.2 Å². The molecule has 5 aromatic rings. The fourth-order valence-corrected chi connectivity index (χ4v) is 8.13. The summed E-state index contributed by atoms with van der Waals surface area (Å²) in [5.74, 6) is 3.45. The number of nitrogens with zero attached hydrogens (tertiary/aromatic N) is 4. The van der Waals surface area contributed by atoms with Crippen molar-refractivity contribution in [3.8, 4) is 34.7 Å². The maximum atomic E-state index is 13.6. The molecular formula is C51H60N8O6. The molecule has 2 heterocycles. The molecule has 0 aliphatic carbocycles. The second-order valence-corrected chi connectivity index (χ2v) is 16.5. The van der Waals surface area contributed by atoms with Crippen molar-refractivity contribution in [2.45, 2.75) is 77.5 Å². The van der Waals surface area contributed by atoms with E-state index in [-0.39, 0.29) is 24.4 Å². The van der Waals surface area contributed by atoms with E-state index in [9.17, 15) is 19.5 Å². The Bertz CT molecular complexity index is 2530. The van der Waals surface area contributed by atoms with Crippen molar-refractivity contribution >= 4 is 34.7 Å². The first-order valence-corrected chi connectivity index (χ1v) is 21.9. The van der Waals surface area contributed by atoms with Crippen LogP contribution >= 0.6 is 0 Å². The van der Waals surface area contributed by atoms with Crippen LogP contribution in [0.4, 0.5) is 9.59 Å². The number of aliphatic hydroxyl groups is 1. The number of rotatable bonds is 19. The molecule has 1 aliphatic rings. The number of aromatic nitrogens is 2. The highest BCUT2D eigenvalue weighted by Gasteiger charge is 2.36. The molecule has 340 valence electrons. The summed E-state index contributed by atoms with van der Waals surface area (Å²) in [6.07, 6.45) is 7.76. The van der Waals surface area contributed by atoms with Crippen molar-refractivity contribution < 1.29 is 29.0 Å². The van der Waals surface area contributed by atoms with E-state index in [1.165, 1.54) is 14.2 Å². The number of fused-ring (bicyclic) bond motifs is 1. The van der Waals surface area contributed by atoms with Gasteiger partial charge in [0.2, 0.25) is 5.91 Å². The number of aryl methyl sites for hydroxylation is 1. The number of benzene rings is 4. The minimum atomic E-state index is -1.11. The molecule has 0 radical (unpaired) electrons. The van der Waals surface area contributed by atoms with Gasteiger partial charge < -0.3 is 40.4 Å². The topological polar surface area (TPSA) is 174 Å². The second kappa shape index (κ2) is 22.1. The molecule has 3 amide bonds. The van der Waals surface area contributed by atoms with Gasteiger partial charge in [-0.2, -0.15) is 0 Å². The minimum Gasteiger partial charge on any atom is -0.453 e. The molecule has 0 bridgehead atoms. The van der Waals surface area contributed by atoms with Crippen LogP contribution in [0.3, 0.4) is 0 Å². The Balaban J connectivity index is 1.12. The van der Waals surface area contributed by atoms with E-state index < -0.39 is 36.5 Å². The number of nitrogens with one attached hydrogen (secondary N) is 4. The van der Waals surface area contributed by atoms with Crippen molar-refractivity contribution in [1.29, 1.82) is 0 Å². The lowest BCUT2D eigenvalue weighted by molar-refractivity contribution is -0.135. The summed E-state index contributed by atoms with van der Waals surface area (Å²) in [6.45, 7) is 13.4. The van der Waals surface area contributed by atoms with Crippen molar-refractivity contribution in [2.24, 2.45) is 10.9 Å². The maximum absolute atomic E-state index is 13.6. The minimum absolute atomic E-state index is 0.0760. The monoisotopic (exact) mass is 880 g/mol. The van der Waals surface area contributed by atoms with E-state index in [4.69, 9.17) is 20.9 Å². The van der Waals surface area contributed by atoms with Gasteiger partial charge in [-0.3, -0.25) is 14.7 Å². The molecule has 14 heteroatoms. The molecule has 65 heavy (non-hydrogen) atoms. The van der Waals surface area contributed by atoms with Crippen molar-refractivity contribution in [3.05, 3.63) is 126 Å². The Morgan fingerprint density at radius 3 is 2.28 bits per heavy atom. The van der Waals surface area contributed by atoms with Crippen LogP contribution < -0.4 is 16.0 Å². The number of H-pyrrole nitrogens is 1. The summed E-state index contributed by atoms with van der Waals surface area (Å²) in [6, 6.07) is 26.7. The zero-order valence-corrected chi connectivity index (χ0v) is 38.0. The highest BCUT2D eigenvalue weighted by atomic mass is 16.5. The van der Waals surface area contributed by atoms with Gasteiger partial charge in [-0.15, -0.1) is 18.9 Å². The number of carbonyl (C=O) groups is 3. The molecule has 4 unspecified atom stereocenters. The van der Waals surface area contributed by atoms with Gasteiger partial charge in [-0.05, 0) is 64.4 Å². The lowest BCUT2D eigenvalue weighted by atomic mass is 9.97. The zero-order valence-electron chi connectivity index (χ0n) is 38.0. The first-order chi connectivity index (χ1) is 31.4. The van der Waals surface area contributed by atoms with E-state index in [1.807, 2.05) is 62.9 Å². The average molecular weight is 881 g/mol. The van der Waals surface area contributed by atoms with Crippen molar-refractivity contribution in [3.63, 3.8) is 0 Å². The molecule has 0 fully saturated rings. The maximum Gasteiger partial charge on any atom is 0.407 e. The molecule has 1 aliphatic heterocycles. The molecule has 0 spiro atoms. The number of amides is 3. The van der Waals surface area contributed by atoms with Gasteiger partial charge in [0.15, 0.2) is 0 Å². The predicted octanol–water partition coefficient (Wildman–Crippen LogP) is 7.66. The fraction of sp³-hybridized carbons (Fsp3) is 0.353. The van der Waals surface area contributed by atoms with Crippen molar-refractivity contribution in [1.82, 2.24) is 35.7 Å². The van der Waals surface area contributed by atoms with Gasteiger partial charge in [-0.25, -0.2) is 14.6 Å². The number of aliphatic imine (C=N–C) groups is 1. The Morgan fingerprint density at radius 2 is 1.63 bits per heavy atom. The van der Waals surface area contributed by atoms with Crippen LogP contribution in [-0.2, 0) is 20.8 Å². The van der Waals surface area contributed by atoms with Crippen LogP contribution in [0.5, 0.6) is 0 Å². The first-order valence-electron chi connectivity index (χ1n) is 21.9. The lowest BCUT2D eigenvalue weighted by Gasteiger charge is -2.38. The number of aliphatic hydroxyl groups excluding tert-OH is 1. The summed E-state index contributed by atoms with van der Waals surface area (Å²) in [7, 11) is 2.57. The number of methoxy groups -OCH3 is 2. The number of imidazole rings is 1. The summed E-state index contributed by atoms with van der Waals surface area (Å²) >= 11 is 0. The summed E-state index contributed by atoms with van der Waals surface area (Å²) in [5, 5.41) is 23.1. The van der Waals surface area contributed by atoms with Crippen LogP contribution in [0.15, 0.2) is 109 Å². The third-order valence-electron chi connectivity index (χ3n) is 11.6. The quantitative estimate of drug-likeness (QED) is 0.0317. The Hall–Kier alpha value is -6.95. The predicted molar refractivity (Wildman–Crippen MR) is 255 cm³/mol. The highest BCUT2D eigenvalue weighted by Crippen LogP contribution is 2.31. The number of terminal acetylenes is 1. The molecule has 6 rings (SSSR count). The smallest absolute Gasteiger partial charge is 0.407 e. The summed E-state index contributed by atoms with van der Waals surface area (Å²) in [4.78, 5) is 54.4. The van der Waals surface area contributed by atoms with Crippen LogP contribution in [0.25, 0.3) is 33.2 Å². The van der Waals surface area contributed by atoms with Gasteiger partial charge in [0.25, 0.3) is 0 Å². The van der Waals surface area contributed by atoms with Gasteiger partial charge in [-0.1, -0.05) is 105 Å². The molecule has 1 aromatic heterocycles. The van der Waals surface area contributed by atoms with Crippen molar-refractivity contribution in [2.75, 3.05) is 33.9 Å². The number of carbonyl (C=O) groups excluding carboxylic acids is 3. The Kier molecular flexibility index (Phi) is 16.2. The standard InChI is InChI=1S/C51H60N8O6/c1-9-12-25-58(48(60)45(32(4)5)56-50(62)64-7)31-44-52-29-42(54-44)39-23-22-37-27-36(20-21-38(37)28-39)34-16-18-35(19-17-34)41-30-53-47(55-41)43(11-3)59(24-10-2)49(61)46(57-51(63)65-8)40-15-13-14-33(6)26-40/h1,11,13-23,26-29,32,41,43,45-46,49,61H,3,10,12,24-25,30-31H2,2,4-8H3,(H,52,54)(H,53,55)(H,56,62)(H,57,63)/t41?,43?,45-,46?,49?/m0/s1. The van der Waals surface area contributed by atoms with E-state index >= 15 is 0 Å². The normalized spacial score (nSPS) is 15.3. The van der Waals surface area contributed by atoms with Crippen LogP contribution in [0.2, 0.25) is 0 Å². The molecule has 4 aromatic carbocycles. The Morgan fingerprint density at radius 1 is 0.954 bits per heavy atom. The van der Waals surface area contributed by atoms with Crippen LogP contribution in [-0.4, -0.2) is 101 Å². The molecule has 5 N–H and O–H groups in total. The Labute approximate surface area is 381 Å². The number of ether oxygens (including phenoxy) is 2. The lowest BCUT2D eigenvalue weighted by Crippen LogP contribution is -2.54. The summed E-state index contributed by atoms with van der Waals surface area (Å²) < 4.78 is 9.68. The van der Waals surface area contributed by atoms with E-state index in [2.05, 4.69) is 93.0 Å². The van der Waals surface area contributed by atoms with E-state index in [0.29, 0.717) is 37.7 Å². The number of hydrogen-bond donors (Lipinski definition) is 5. The number of alkyl carbamates (subject to hydrolysis) is 2. The fourth-order valence-electron chi connectivity index (χ4n) is 8.13. The third kappa shape index (κ3) is 11.6. The van der Waals surface area contributed by atoms with Crippen LogP contribution in [0.1, 0.15) is 68.2 Å². The number of hydrogen-bond acceptors (Lipinski definition) is 10. The van der Waals surface area contributed by atoms with Gasteiger partial charge in [0.1, 0.15) is 23.9 Å².